The average Bonchev–Trinajstić information content (AvgIpc) is 2.78. The van der Waals surface area contributed by atoms with Crippen molar-refractivity contribution in [2.24, 2.45) is 0 Å². The molecule has 0 atom stereocenters. The molecule has 0 aliphatic heterocycles. The van der Waals surface area contributed by atoms with Gasteiger partial charge >= 0.3 is 5.97 Å². The molecule has 0 aliphatic rings. The molecule has 0 spiro atoms. The Morgan fingerprint density at radius 1 is 0.806 bits per heavy atom. The zero-order chi connectivity index (χ0) is 22.1. The highest BCUT2D eigenvalue weighted by atomic mass is 35.5. The highest BCUT2D eigenvalue weighted by Gasteiger charge is 2.19. The molecule has 0 saturated heterocycles. The van der Waals surface area contributed by atoms with Crippen LogP contribution in [0.3, 0.4) is 0 Å². The van der Waals surface area contributed by atoms with Crippen LogP contribution >= 0.6 is 11.6 Å². The maximum absolute atomic E-state index is 12.9. The third-order valence-electron chi connectivity index (χ3n) is 4.29. The summed E-state index contributed by atoms with van der Waals surface area (Å²) in [7, 11) is 0. The van der Waals surface area contributed by atoms with E-state index in [0.717, 1.165) is 0 Å². The van der Waals surface area contributed by atoms with Crippen LogP contribution in [-0.2, 0) is 19.1 Å². The molecule has 0 heterocycles. The summed E-state index contributed by atoms with van der Waals surface area (Å²) < 4.78 is 4.99. The maximum Gasteiger partial charge on any atom is 0.306 e. The fourth-order valence-electron chi connectivity index (χ4n) is 2.89. The molecule has 0 fully saturated rings. The van der Waals surface area contributed by atoms with E-state index in [9.17, 15) is 14.4 Å². The van der Waals surface area contributed by atoms with Gasteiger partial charge < -0.3 is 10.1 Å². The zero-order valence-corrected chi connectivity index (χ0v) is 17.4. The summed E-state index contributed by atoms with van der Waals surface area (Å²) in [5, 5.41) is 3.07. The smallest absolute Gasteiger partial charge is 0.306 e. The quantitative estimate of drug-likeness (QED) is 0.506. The Bertz CT molecular complexity index is 1000. The Balaban J connectivity index is 1.53. The van der Waals surface area contributed by atoms with E-state index < -0.39 is 18.5 Å². The fraction of sp³-hybridized carbons (Fsp3) is 0.125. The first-order chi connectivity index (χ1) is 15.0. The first-order valence-corrected chi connectivity index (χ1v) is 10.0. The summed E-state index contributed by atoms with van der Waals surface area (Å²) in [6.07, 6.45) is -0.196. The van der Waals surface area contributed by atoms with Gasteiger partial charge in [-0.3, -0.25) is 19.3 Å². The maximum atomic E-state index is 12.9. The Labute approximate surface area is 185 Å². The normalized spacial score (nSPS) is 10.2. The van der Waals surface area contributed by atoms with Crippen molar-refractivity contribution in [2.75, 3.05) is 16.8 Å². The fourth-order valence-corrected chi connectivity index (χ4v) is 3.08. The zero-order valence-electron chi connectivity index (χ0n) is 16.7. The van der Waals surface area contributed by atoms with Crippen LogP contribution in [0, 0.1) is 0 Å². The minimum absolute atomic E-state index is 0.0570. The van der Waals surface area contributed by atoms with E-state index in [2.05, 4.69) is 5.32 Å². The first kappa shape index (κ1) is 22.1. The average molecular weight is 437 g/mol. The number of carbonyl (C=O) groups excluding carboxylic acids is 3. The summed E-state index contributed by atoms with van der Waals surface area (Å²) in [6.45, 7) is -0.444. The van der Waals surface area contributed by atoms with Gasteiger partial charge in [0.1, 0.15) is 0 Å². The van der Waals surface area contributed by atoms with Gasteiger partial charge in [0.15, 0.2) is 6.61 Å². The summed E-state index contributed by atoms with van der Waals surface area (Å²) in [5.74, 6) is -1.37. The van der Waals surface area contributed by atoms with Gasteiger partial charge in [-0.05, 0) is 42.5 Å². The lowest BCUT2D eigenvalue weighted by Gasteiger charge is -2.23. The number of esters is 1. The van der Waals surface area contributed by atoms with E-state index >= 15 is 0 Å². The van der Waals surface area contributed by atoms with Crippen LogP contribution in [0.25, 0.3) is 0 Å². The minimum Gasteiger partial charge on any atom is -0.456 e. The Morgan fingerprint density at radius 2 is 1.42 bits per heavy atom. The summed E-state index contributed by atoms with van der Waals surface area (Å²) in [4.78, 5) is 38.4. The second-order valence-electron chi connectivity index (χ2n) is 6.62. The molecule has 0 bridgehead atoms. The third kappa shape index (κ3) is 6.69. The van der Waals surface area contributed by atoms with Crippen LogP contribution in [0.4, 0.5) is 17.1 Å². The number of ether oxygens (including phenoxy) is 1. The van der Waals surface area contributed by atoms with Crippen molar-refractivity contribution < 1.29 is 19.1 Å². The van der Waals surface area contributed by atoms with Gasteiger partial charge in [-0.15, -0.1) is 0 Å². The van der Waals surface area contributed by atoms with E-state index in [-0.39, 0.29) is 18.7 Å². The van der Waals surface area contributed by atoms with E-state index in [1.165, 1.54) is 0 Å². The van der Waals surface area contributed by atoms with Crippen molar-refractivity contribution in [1.29, 1.82) is 0 Å². The van der Waals surface area contributed by atoms with Gasteiger partial charge in [0.25, 0.3) is 5.91 Å². The van der Waals surface area contributed by atoms with Crippen LogP contribution < -0.4 is 10.2 Å². The second kappa shape index (κ2) is 10.9. The lowest BCUT2D eigenvalue weighted by Crippen LogP contribution is -2.27. The van der Waals surface area contributed by atoms with E-state index in [1.54, 1.807) is 29.2 Å². The van der Waals surface area contributed by atoms with Crippen LogP contribution in [-0.4, -0.2) is 24.4 Å². The SMILES string of the molecule is O=C(COC(=O)CCC(=O)N(c1ccccc1)c1ccccc1)Nc1cccc(Cl)c1. The highest BCUT2D eigenvalue weighted by Crippen LogP contribution is 2.26. The van der Waals surface area contributed by atoms with E-state index in [1.807, 2.05) is 60.7 Å². The molecule has 3 aromatic carbocycles. The van der Waals surface area contributed by atoms with Gasteiger partial charge in [0.2, 0.25) is 5.91 Å². The molecule has 0 unspecified atom stereocenters. The number of rotatable bonds is 8. The molecular weight excluding hydrogens is 416 g/mol. The highest BCUT2D eigenvalue weighted by molar-refractivity contribution is 6.30. The standard InChI is InChI=1S/C24H21ClN2O4/c25-18-8-7-9-19(16-18)26-22(28)17-31-24(30)15-14-23(29)27(20-10-3-1-4-11-20)21-12-5-2-6-13-21/h1-13,16H,14-15,17H2,(H,26,28). The molecule has 3 aromatic rings. The van der Waals surface area contributed by atoms with Crippen LogP contribution in [0.2, 0.25) is 5.02 Å². The van der Waals surface area contributed by atoms with Crippen LogP contribution in [0.5, 0.6) is 0 Å². The van der Waals surface area contributed by atoms with Crippen molar-refractivity contribution in [3.63, 3.8) is 0 Å². The van der Waals surface area contributed by atoms with Crippen molar-refractivity contribution in [1.82, 2.24) is 0 Å². The van der Waals surface area contributed by atoms with Crippen LogP contribution in [0.1, 0.15) is 12.8 Å². The first-order valence-electron chi connectivity index (χ1n) is 9.67. The number of hydrogen-bond acceptors (Lipinski definition) is 4. The molecule has 0 saturated carbocycles. The monoisotopic (exact) mass is 436 g/mol. The second-order valence-corrected chi connectivity index (χ2v) is 7.06. The van der Waals surface area contributed by atoms with Crippen LogP contribution in [0.15, 0.2) is 84.9 Å². The molecule has 7 heteroatoms. The summed E-state index contributed by atoms with van der Waals surface area (Å²) in [6, 6.07) is 25.0. The number of carbonyl (C=O) groups is 3. The molecular formula is C24H21ClN2O4. The topological polar surface area (TPSA) is 75.7 Å². The Hall–Kier alpha value is -3.64. The Morgan fingerprint density at radius 3 is 2.00 bits per heavy atom. The lowest BCUT2D eigenvalue weighted by molar-refractivity contribution is -0.148. The van der Waals surface area contributed by atoms with Gasteiger partial charge in [0.05, 0.1) is 6.42 Å². The van der Waals surface area contributed by atoms with E-state index in [0.29, 0.717) is 22.1 Å². The molecule has 6 nitrogen and oxygen atoms in total. The van der Waals surface area contributed by atoms with Crippen molar-refractivity contribution in [2.45, 2.75) is 12.8 Å². The lowest BCUT2D eigenvalue weighted by atomic mass is 10.2. The molecule has 158 valence electrons. The molecule has 0 radical (unpaired) electrons. The predicted octanol–water partition coefficient (Wildman–Crippen LogP) is 4.97. The molecule has 2 amide bonds. The molecule has 3 rings (SSSR count). The molecule has 1 N–H and O–H groups in total. The van der Waals surface area contributed by atoms with Gasteiger partial charge in [0, 0.05) is 28.5 Å². The molecule has 0 aliphatic carbocycles. The number of halogens is 1. The minimum atomic E-state index is -0.629. The number of nitrogens with one attached hydrogen (secondary N) is 1. The number of amides is 2. The van der Waals surface area contributed by atoms with Crippen molar-refractivity contribution >= 4 is 46.4 Å². The van der Waals surface area contributed by atoms with E-state index in [4.69, 9.17) is 16.3 Å². The Kier molecular flexibility index (Phi) is 7.79. The summed E-state index contributed by atoms with van der Waals surface area (Å²) >= 11 is 5.87. The molecule has 31 heavy (non-hydrogen) atoms. The predicted molar refractivity (Wildman–Crippen MR) is 120 cm³/mol. The van der Waals surface area contributed by atoms with Crippen molar-refractivity contribution in [3.8, 4) is 0 Å². The van der Waals surface area contributed by atoms with Crippen molar-refractivity contribution in [3.05, 3.63) is 90.0 Å². The molecule has 0 aromatic heterocycles. The number of anilines is 3. The summed E-state index contributed by atoms with van der Waals surface area (Å²) in [5.41, 5.74) is 1.91. The van der Waals surface area contributed by atoms with Gasteiger partial charge in [-0.1, -0.05) is 54.1 Å². The number of benzene rings is 3. The largest absolute Gasteiger partial charge is 0.456 e. The third-order valence-corrected chi connectivity index (χ3v) is 4.53. The number of para-hydroxylation sites is 2. The van der Waals surface area contributed by atoms with Gasteiger partial charge in [-0.2, -0.15) is 0 Å². The van der Waals surface area contributed by atoms with Gasteiger partial charge in [-0.25, -0.2) is 0 Å². The number of nitrogens with zero attached hydrogens (tertiary/aromatic N) is 1. The number of hydrogen-bond donors (Lipinski definition) is 1.